The van der Waals surface area contributed by atoms with E-state index in [-0.39, 0.29) is 40.4 Å². The van der Waals surface area contributed by atoms with E-state index in [0.717, 1.165) is 6.07 Å². The van der Waals surface area contributed by atoms with Gasteiger partial charge in [0.15, 0.2) is 29.4 Å². The first-order chi connectivity index (χ1) is 14.3. The average molecular weight is 413 g/mol. The first-order valence-electron chi connectivity index (χ1n) is 9.07. The number of aromatic hydroxyl groups is 2. The molecular formula is C21H19NO8. The molecule has 0 radical (unpaired) electrons. The quantitative estimate of drug-likeness (QED) is 0.314. The van der Waals surface area contributed by atoms with E-state index in [1.54, 1.807) is 19.2 Å². The van der Waals surface area contributed by atoms with Crippen molar-refractivity contribution in [1.29, 1.82) is 0 Å². The number of methoxy groups -OCH3 is 1. The minimum absolute atomic E-state index is 0.0911. The Balaban J connectivity index is 2.05. The molecule has 1 heterocycles. The molecule has 0 amide bonds. The van der Waals surface area contributed by atoms with Gasteiger partial charge in [0.25, 0.3) is 0 Å². The third-order valence-electron chi connectivity index (χ3n) is 5.31. The summed E-state index contributed by atoms with van der Waals surface area (Å²) in [7, 11) is 2.89. The van der Waals surface area contributed by atoms with Crippen LogP contribution >= 0.6 is 0 Å². The molecule has 2 aromatic carbocycles. The molecule has 0 bridgehead atoms. The molecule has 0 saturated carbocycles. The van der Waals surface area contributed by atoms with Crippen LogP contribution in [0.5, 0.6) is 23.0 Å². The Morgan fingerprint density at radius 2 is 1.80 bits per heavy atom. The van der Waals surface area contributed by atoms with E-state index in [1.165, 1.54) is 13.2 Å². The smallest absolute Gasteiger partial charge is 0.198 e. The predicted molar refractivity (Wildman–Crippen MR) is 103 cm³/mol. The fourth-order valence-corrected chi connectivity index (χ4v) is 3.92. The van der Waals surface area contributed by atoms with E-state index in [9.17, 15) is 30.0 Å². The summed E-state index contributed by atoms with van der Waals surface area (Å²) < 4.78 is 10.6. The Hall–Kier alpha value is -3.40. The van der Waals surface area contributed by atoms with Crippen molar-refractivity contribution in [3.8, 4) is 23.0 Å². The maximum atomic E-state index is 13.4. The van der Waals surface area contributed by atoms with Gasteiger partial charge >= 0.3 is 0 Å². The van der Waals surface area contributed by atoms with Crippen LogP contribution in [0, 0.1) is 0 Å². The molecule has 9 nitrogen and oxygen atoms in total. The lowest BCUT2D eigenvalue weighted by molar-refractivity contribution is -0.0445. The summed E-state index contributed by atoms with van der Waals surface area (Å²) in [5, 5.41) is 43.9. The molecular weight excluding hydrogens is 394 g/mol. The number of ketones is 2. The summed E-state index contributed by atoms with van der Waals surface area (Å²) in [6.07, 6.45) is 1.23. The number of rotatable bonds is 3. The third kappa shape index (κ3) is 2.67. The van der Waals surface area contributed by atoms with Gasteiger partial charge in [-0.1, -0.05) is 6.08 Å². The van der Waals surface area contributed by atoms with Gasteiger partial charge in [0, 0.05) is 16.7 Å². The molecule has 5 N–H and O–H groups in total. The molecule has 1 aliphatic carbocycles. The Kier molecular flexibility index (Phi) is 4.73. The highest BCUT2D eigenvalue weighted by Crippen LogP contribution is 2.47. The van der Waals surface area contributed by atoms with Gasteiger partial charge in [-0.25, -0.2) is 0 Å². The van der Waals surface area contributed by atoms with E-state index in [2.05, 4.69) is 5.32 Å². The van der Waals surface area contributed by atoms with Crippen LogP contribution in [0.4, 0.5) is 0 Å². The van der Waals surface area contributed by atoms with Crippen LogP contribution in [0.25, 0.3) is 0 Å². The number of likely N-dealkylation sites (N-methyl/N-ethyl adjacent to an activating group) is 1. The van der Waals surface area contributed by atoms with Gasteiger partial charge in [-0.2, -0.15) is 0 Å². The molecule has 4 rings (SSSR count). The van der Waals surface area contributed by atoms with Crippen LogP contribution in [-0.4, -0.2) is 52.8 Å². The number of fused-ring (bicyclic) bond motifs is 3. The molecule has 0 aromatic heterocycles. The van der Waals surface area contributed by atoms with Crippen LogP contribution in [0.3, 0.4) is 0 Å². The number of nitrogens with one attached hydrogen (secondary N) is 1. The predicted octanol–water partition coefficient (Wildman–Crippen LogP) is 1.07. The molecule has 0 saturated heterocycles. The monoisotopic (exact) mass is 413 g/mol. The summed E-state index contributed by atoms with van der Waals surface area (Å²) in [6, 6.07) is 2.06. The fraction of sp³-hybridized carbons (Fsp3) is 0.238. The van der Waals surface area contributed by atoms with Crippen molar-refractivity contribution in [2.75, 3.05) is 20.8 Å². The van der Waals surface area contributed by atoms with Crippen molar-refractivity contribution in [2.45, 2.75) is 12.3 Å². The number of hydrogen-bond donors (Lipinski definition) is 5. The minimum atomic E-state index is -2.26. The molecule has 30 heavy (non-hydrogen) atoms. The molecule has 1 unspecified atom stereocenters. The highest BCUT2D eigenvalue weighted by molar-refractivity contribution is 6.30. The van der Waals surface area contributed by atoms with Gasteiger partial charge < -0.3 is 35.2 Å². The SMILES string of the molecule is CNC1C=CCOc2cc3c(c(O)c21)C(=O)c1c(cc(OC)c(O)c1C(O)O)C3=O. The number of carbonyl (C=O) groups excluding carboxylic acids is 2. The van der Waals surface area contributed by atoms with Crippen LogP contribution in [-0.2, 0) is 0 Å². The van der Waals surface area contributed by atoms with Crippen LogP contribution in [0.15, 0.2) is 24.3 Å². The second-order valence-electron chi connectivity index (χ2n) is 6.86. The first kappa shape index (κ1) is 19.9. The van der Waals surface area contributed by atoms with Crippen molar-refractivity contribution in [2.24, 2.45) is 0 Å². The summed E-state index contributed by atoms with van der Waals surface area (Å²) in [5.74, 6) is -2.57. The van der Waals surface area contributed by atoms with Gasteiger partial charge in [0.2, 0.25) is 0 Å². The molecule has 1 atom stereocenters. The van der Waals surface area contributed by atoms with Gasteiger partial charge in [-0.3, -0.25) is 9.59 Å². The number of hydrogen-bond acceptors (Lipinski definition) is 9. The standard InChI is InChI=1S/C21H19NO8/c1-22-10-4-3-5-30-11-6-9-14(20(26)15(10)11)19(25)13-8(17(9)23)7-12(29-2)18(24)16(13)21(27)28/h3-4,6-7,10,21-22,24,26-28H,5H2,1-2H3. The molecule has 0 fully saturated rings. The summed E-state index contributed by atoms with van der Waals surface area (Å²) in [4.78, 5) is 26.6. The van der Waals surface area contributed by atoms with Crippen molar-refractivity contribution < 1.29 is 39.5 Å². The number of carbonyl (C=O) groups is 2. The Labute approximate surface area is 170 Å². The lowest BCUT2D eigenvalue weighted by atomic mass is 9.79. The third-order valence-corrected chi connectivity index (χ3v) is 5.31. The van der Waals surface area contributed by atoms with E-state index in [4.69, 9.17) is 9.47 Å². The maximum Gasteiger partial charge on any atom is 0.198 e. The second-order valence-corrected chi connectivity index (χ2v) is 6.86. The Morgan fingerprint density at radius 3 is 2.43 bits per heavy atom. The normalized spacial score (nSPS) is 17.2. The number of benzene rings is 2. The Morgan fingerprint density at radius 1 is 1.10 bits per heavy atom. The zero-order valence-corrected chi connectivity index (χ0v) is 16.1. The number of aliphatic hydroxyl groups excluding tert-OH is 1. The first-order valence-corrected chi connectivity index (χ1v) is 9.07. The lowest BCUT2D eigenvalue weighted by Gasteiger charge is -2.26. The van der Waals surface area contributed by atoms with Gasteiger partial charge in [0.1, 0.15) is 18.1 Å². The number of phenolic OH excluding ortho intramolecular Hbond substituents is 2. The Bertz CT molecular complexity index is 1120. The molecule has 9 heteroatoms. The van der Waals surface area contributed by atoms with E-state index in [1.807, 2.05) is 0 Å². The summed E-state index contributed by atoms with van der Waals surface area (Å²) >= 11 is 0. The second kappa shape index (κ2) is 7.13. The van der Waals surface area contributed by atoms with Crippen LogP contribution in [0.2, 0.25) is 0 Å². The minimum Gasteiger partial charge on any atom is -0.507 e. The zero-order chi connectivity index (χ0) is 21.7. The summed E-state index contributed by atoms with van der Waals surface area (Å²) in [5.41, 5.74) is -1.26. The van der Waals surface area contributed by atoms with Crippen molar-refractivity contribution in [3.05, 3.63) is 57.7 Å². The van der Waals surface area contributed by atoms with Gasteiger partial charge in [0.05, 0.1) is 29.8 Å². The molecule has 1 aliphatic heterocycles. The van der Waals surface area contributed by atoms with E-state index in [0.29, 0.717) is 0 Å². The lowest BCUT2D eigenvalue weighted by Crippen LogP contribution is -2.25. The molecule has 2 aromatic rings. The van der Waals surface area contributed by atoms with Gasteiger partial charge in [-0.15, -0.1) is 0 Å². The van der Waals surface area contributed by atoms with Gasteiger partial charge in [-0.05, 0) is 25.3 Å². The average Bonchev–Trinajstić information content (AvgIpc) is 2.93. The fourth-order valence-electron chi connectivity index (χ4n) is 3.92. The number of ether oxygens (including phenoxy) is 2. The van der Waals surface area contributed by atoms with Crippen LogP contribution in [0.1, 0.15) is 55.3 Å². The number of phenols is 2. The van der Waals surface area contributed by atoms with Crippen LogP contribution < -0.4 is 14.8 Å². The van der Waals surface area contributed by atoms with E-state index < -0.39 is 46.5 Å². The summed E-state index contributed by atoms with van der Waals surface area (Å²) in [6.45, 7) is 0.213. The van der Waals surface area contributed by atoms with E-state index >= 15 is 0 Å². The van der Waals surface area contributed by atoms with Crippen molar-refractivity contribution in [3.63, 3.8) is 0 Å². The molecule has 0 spiro atoms. The highest BCUT2D eigenvalue weighted by atomic mass is 16.5. The number of aliphatic hydroxyl groups is 2. The topological polar surface area (TPSA) is 146 Å². The molecule has 156 valence electrons. The highest BCUT2D eigenvalue weighted by Gasteiger charge is 2.40. The largest absolute Gasteiger partial charge is 0.507 e. The van der Waals surface area contributed by atoms with Crippen molar-refractivity contribution in [1.82, 2.24) is 5.32 Å². The molecule has 2 aliphatic rings. The van der Waals surface area contributed by atoms with Crippen molar-refractivity contribution >= 4 is 11.6 Å². The maximum absolute atomic E-state index is 13.4. The zero-order valence-electron chi connectivity index (χ0n) is 16.1.